The molecule has 11 atom stereocenters. The molecule has 13 heteroatoms. The molecule has 0 bridgehead atoms. The average Bonchev–Trinajstić information content (AvgIpc) is 2.88. The Balaban J connectivity index is 1.36. The predicted molar refractivity (Wildman–Crippen MR) is 116 cm³/mol. The van der Waals surface area contributed by atoms with E-state index in [0.717, 1.165) is 5.56 Å². The lowest BCUT2D eigenvalue weighted by molar-refractivity contribution is -0.385. The monoisotopic (exact) mass is 516 g/mol. The van der Waals surface area contributed by atoms with E-state index in [1.54, 1.807) is 12.1 Å². The third-order valence-corrected chi connectivity index (χ3v) is 6.33. The molecular weight excluding hydrogens is 484 g/mol. The van der Waals surface area contributed by atoms with Gasteiger partial charge in [0.25, 0.3) is 0 Å². The molecule has 3 heterocycles. The maximum atomic E-state index is 10.7. The van der Waals surface area contributed by atoms with Crippen molar-refractivity contribution >= 4 is 5.97 Å². The first-order chi connectivity index (χ1) is 17.3. The van der Waals surface area contributed by atoms with Crippen LogP contribution in [0.2, 0.25) is 0 Å². The molecule has 202 valence electrons. The van der Waals surface area contributed by atoms with Gasteiger partial charge in [0.2, 0.25) is 0 Å². The SMILES string of the molecule is O=C(O)CCCO[C@@H]1OC(CO)[C@@H](O[C@@H]2OC3COC(c4ccccc4)O[C@@H]3[C@H](O)C2O)C(O)C1O. The van der Waals surface area contributed by atoms with Crippen LogP contribution in [-0.4, -0.2) is 118 Å². The summed E-state index contributed by atoms with van der Waals surface area (Å²) in [5.74, 6) is -1.01. The van der Waals surface area contributed by atoms with Crippen LogP contribution >= 0.6 is 0 Å². The quantitative estimate of drug-likeness (QED) is 0.203. The third-order valence-electron chi connectivity index (χ3n) is 6.33. The summed E-state index contributed by atoms with van der Waals surface area (Å²) in [4.78, 5) is 10.6. The highest BCUT2D eigenvalue weighted by Gasteiger charge is 2.53. The molecule has 6 N–H and O–H groups in total. The maximum Gasteiger partial charge on any atom is 0.303 e. The second kappa shape index (κ2) is 12.2. The summed E-state index contributed by atoms with van der Waals surface area (Å²) in [6, 6.07) is 9.08. The van der Waals surface area contributed by atoms with E-state index in [0.29, 0.717) is 0 Å². The van der Waals surface area contributed by atoms with E-state index in [-0.39, 0.29) is 26.1 Å². The fourth-order valence-corrected chi connectivity index (χ4v) is 4.41. The Kier molecular flexibility index (Phi) is 9.24. The Bertz CT molecular complexity index is 837. The van der Waals surface area contributed by atoms with Gasteiger partial charge in [0, 0.05) is 12.0 Å². The number of fused-ring (bicyclic) bond motifs is 1. The van der Waals surface area contributed by atoms with Crippen LogP contribution < -0.4 is 0 Å². The van der Waals surface area contributed by atoms with E-state index < -0.39 is 80.3 Å². The number of carbonyl (C=O) groups is 1. The van der Waals surface area contributed by atoms with Gasteiger partial charge in [-0.1, -0.05) is 30.3 Å². The van der Waals surface area contributed by atoms with Crippen LogP contribution in [0.25, 0.3) is 0 Å². The fraction of sp³-hybridized carbons (Fsp3) is 0.696. The van der Waals surface area contributed by atoms with Crippen molar-refractivity contribution in [3.8, 4) is 0 Å². The smallest absolute Gasteiger partial charge is 0.303 e. The van der Waals surface area contributed by atoms with Crippen LogP contribution in [0.3, 0.4) is 0 Å². The van der Waals surface area contributed by atoms with E-state index in [1.807, 2.05) is 18.2 Å². The van der Waals surface area contributed by atoms with Gasteiger partial charge in [-0.25, -0.2) is 0 Å². The summed E-state index contributed by atoms with van der Waals surface area (Å²) in [6.07, 6.45) is -14.1. The number of aliphatic carboxylic acids is 1. The van der Waals surface area contributed by atoms with Crippen LogP contribution in [0.5, 0.6) is 0 Å². The van der Waals surface area contributed by atoms with Crippen molar-refractivity contribution in [3.05, 3.63) is 35.9 Å². The molecule has 0 saturated carbocycles. The summed E-state index contributed by atoms with van der Waals surface area (Å²) in [7, 11) is 0. The average molecular weight is 516 g/mol. The van der Waals surface area contributed by atoms with Gasteiger partial charge in [0.1, 0.15) is 48.8 Å². The number of hydrogen-bond donors (Lipinski definition) is 6. The molecule has 3 saturated heterocycles. The van der Waals surface area contributed by atoms with E-state index in [9.17, 15) is 30.3 Å². The molecule has 13 nitrogen and oxygen atoms in total. The summed E-state index contributed by atoms with van der Waals surface area (Å²) in [5.41, 5.74) is 0.734. The second-order valence-electron chi connectivity index (χ2n) is 8.88. The zero-order valence-corrected chi connectivity index (χ0v) is 19.3. The van der Waals surface area contributed by atoms with Crippen LogP contribution in [0, 0.1) is 0 Å². The lowest BCUT2D eigenvalue weighted by atomic mass is 9.96. The van der Waals surface area contributed by atoms with Gasteiger partial charge in [-0.05, 0) is 6.42 Å². The number of aliphatic hydroxyl groups is 5. The van der Waals surface area contributed by atoms with Crippen molar-refractivity contribution in [1.82, 2.24) is 0 Å². The molecule has 6 unspecified atom stereocenters. The molecule has 1 aromatic rings. The Hall–Kier alpha value is -1.75. The molecule has 0 aliphatic carbocycles. The summed E-state index contributed by atoms with van der Waals surface area (Å²) in [5, 5.41) is 61.0. The maximum absolute atomic E-state index is 10.7. The normalized spacial score (nSPS) is 41.0. The van der Waals surface area contributed by atoms with Crippen molar-refractivity contribution in [1.29, 1.82) is 0 Å². The standard InChI is InChI=1S/C23H32O13/c24-9-12-19(15(27)17(29)22(33-12)31-8-4-7-14(25)26)36-23-18(30)16(28)20-13(34-23)10-32-21(35-20)11-5-2-1-3-6-11/h1-3,5-6,12-13,15-24,27-30H,4,7-10H2,(H,25,26)/t12?,13?,15?,16-,17?,18?,19-,20+,21?,22-,23+/m1/s1. The Labute approximate surface area is 206 Å². The first-order valence-corrected chi connectivity index (χ1v) is 11.7. The molecule has 4 rings (SSSR count). The van der Waals surface area contributed by atoms with Crippen molar-refractivity contribution in [3.63, 3.8) is 0 Å². The highest BCUT2D eigenvalue weighted by Crippen LogP contribution is 2.36. The number of carboxylic acid groups (broad SMARTS) is 1. The number of benzene rings is 1. The Morgan fingerprint density at radius 2 is 1.67 bits per heavy atom. The Morgan fingerprint density at radius 3 is 2.36 bits per heavy atom. The third kappa shape index (κ3) is 6.03. The van der Waals surface area contributed by atoms with Crippen molar-refractivity contribution < 1.29 is 63.9 Å². The van der Waals surface area contributed by atoms with E-state index in [4.69, 9.17) is 33.5 Å². The zero-order valence-electron chi connectivity index (χ0n) is 19.3. The van der Waals surface area contributed by atoms with Crippen molar-refractivity contribution in [2.45, 2.75) is 80.5 Å². The highest BCUT2D eigenvalue weighted by molar-refractivity contribution is 5.66. The van der Waals surface area contributed by atoms with Gasteiger partial charge in [0.15, 0.2) is 18.9 Å². The molecule has 0 aromatic heterocycles. The highest BCUT2D eigenvalue weighted by atomic mass is 16.8. The van der Waals surface area contributed by atoms with Gasteiger partial charge >= 0.3 is 5.97 Å². The second-order valence-corrected chi connectivity index (χ2v) is 8.88. The van der Waals surface area contributed by atoms with Gasteiger partial charge in [-0.15, -0.1) is 0 Å². The predicted octanol–water partition coefficient (Wildman–Crippen LogP) is -1.75. The minimum atomic E-state index is -1.62. The lowest BCUT2D eigenvalue weighted by Gasteiger charge is -2.48. The molecule has 36 heavy (non-hydrogen) atoms. The summed E-state index contributed by atoms with van der Waals surface area (Å²) < 4.78 is 33.8. The minimum Gasteiger partial charge on any atom is -0.481 e. The summed E-state index contributed by atoms with van der Waals surface area (Å²) >= 11 is 0. The van der Waals surface area contributed by atoms with Crippen LogP contribution in [-0.2, 0) is 33.2 Å². The van der Waals surface area contributed by atoms with Gasteiger partial charge in [0.05, 0.1) is 19.8 Å². The number of hydrogen-bond acceptors (Lipinski definition) is 12. The first kappa shape index (κ1) is 27.3. The molecule has 0 spiro atoms. The molecule has 0 radical (unpaired) electrons. The molecule has 3 fully saturated rings. The van der Waals surface area contributed by atoms with Gasteiger partial charge < -0.3 is 59.1 Å². The first-order valence-electron chi connectivity index (χ1n) is 11.7. The fourth-order valence-electron chi connectivity index (χ4n) is 4.41. The van der Waals surface area contributed by atoms with Crippen LogP contribution in [0.15, 0.2) is 30.3 Å². The molecule has 3 aliphatic rings. The number of ether oxygens (including phenoxy) is 6. The number of aliphatic hydroxyl groups excluding tert-OH is 5. The zero-order chi connectivity index (χ0) is 25.8. The van der Waals surface area contributed by atoms with Crippen LogP contribution in [0.4, 0.5) is 0 Å². The van der Waals surface area contributed by atoms with Gasteiger partial charge in [-0.2, -0.15) is 0 Å². The summed E-state index contributed by atoms with van der Waals surface area (Å²) in [6.45, 7) is -0.671. The van der Waals surface area contributed by atoms with Gasteiger partial charge in [-0.3, -0.25) is 4.79 Å². The van der Waals surface area contributed by atoms with Crippen molar-refractivity contribution in [2.75, 3.05) is 19.8 Å². The van der Waals surface area contributed by atoms with E-state index in [2.05, 4.69) is 0 Å². The number of rotatable bonds is 9. The largest absolute Gasteiger partial charge is 0.481 e. The van der Waals surface area contributed by atoms with E-state index in [1.165, 1.54) is 0 Å². The molecule has 0 amide bonds. The van der Waals surface area contributed by atoms with Crippen LogP contribution in [0.1, 0.15) is 24.7 Å². The Morgan fingerprint density at radius 1 is 0.944 bits per heavy atom. The topological polar surface area (TPSA) is 194 Å². The lowest BCUT2D eigenvalue weighted by Crippen LogP contribution is -2.65. The van der Waals surface area contributed by atoms with Crippen molar-refractivity contribution in [2.24, 2.45) is 0 Å². The number of carboxylic acids is 1. The molecule has 1 aromatic carbocycles. The molecular formula is C23H32O13. The molecule has 3 aliphatic heterocycles. The van der Waals surface area contributed by atoms with E-state index >= 15 is 0 Å². The minimum absolute atomic E-state index is 0.0237.